The number of benzene rings is 2. The zero-order valence-corrected chi connectivity index (χ0v) is 17.5. The number of thiazole rings is 1. The summed E-state index contributed by atoms with van der Waals surface area (Å²) in [4.78, 5) is 16.1. The first kappa shape index (κ1) is 19.8. The van der Waals surface area contributed by atoms with Crippen LogP contribution in [0.3, 0.4) is 0 Å². The van der Waals surface area contributed by atoms with Crippen molar-refractivity contribution in [2.24, 2.45) is 0 Å². The zero-order valence-electron chi connectivity index (χ0n) is 15.1. The van der Waals surface area contributed by atoms with E-state index in [4.69, 9.17) is 16.1 Å². The van der Waals surface area contributed by atoms with Gasteiger partial charge in [0, 0.05) is 17.1 Å². The summed E-state index contributed by atoms with van der Waals surface area (Å²) in [5.41, 5.74) is 1.42. The van der Waals surface area contributed by atoms with Crippen LogP contribution in [0.2, 0.25) is 5.02 Å². The highest BCUT2D eigenvalue weighted by molar-refractivity contribution is 7.89. The second kappa shape index (κ2) is 7.71. The molecule has 2 aromatic heterocycles. The van der Waals surface area contributed by atoms with Crippen molar-refractivity contribution in [1.29, 1.82) is 0 Å². The molecule has 1 N–H and O–H groups in total. The topological polar surface area (TPSA) is 107 Å². The van der Waals surface area contributed by atoms with Gasteiger partial charge in [-0.2, -0.15) is 4.98 Å². The van der Waals surface area contributed by atoms with Crippen molar-refractivity contribution in [3.05, 3.63) is 63.0 Å². The maximum absolute atomic E-state index is 12.6. The van der Waals surface area contributed by atoms with Crippen LogP contribution in [-0.4, -0.2) is 23.1 Å². The van der Waals surface area contributed by atoms with E-state index in [1.165, 1.54) is 12.1 Å². The van der Waals surface area contributed by atoms with Crippen LogP contribution in [0.15, 0.2) is 56.7 Å². The Bertz CT molecular complexity index is 1340. The second-order valence-electron chi connectivity index (χ2n) is 6.08. The zero-order chi connectivity index (χ0) is 20.6. The number of rotatable bonds is 6. The number of nitrogens with one attached hydrogen (secondary N) is 1. The average molecular weight is 451 g/mol. The molecule has 4 rings (SSSR count). The van der Waals surface area contributed by atoms with E-state index in [1.54, 1.807) is 34.9 Å². The molecule has 11 heteroatoms. The number of sulfonamides is 1. The van der Waals surface area contributed by atoms with Gasteiger partial charge < -0.3 is 4.52 Å². The summed E-state index contributed by atoms with van der Waals surface area (Å²) in [5, 5.41) is 4.44. The van der Waals surface area contributed by atoms with Gasteiger partial charge in [-0.05, 0) is 49.4 Å². The Kier molecular flexibility index (Phi) is 5.26. The van der Waals surface area contributed by atoms with E-state index in [1.807, 2.05) is 6.92 Å². The van der Waals surface area contributed by atoms with Gasteiger partial charge in [-0.3, -0.25) is 9.36 Å². The van der Waals surface area contributed by atoms with Gasteiger partial charge in [-0.25, -0.2) is 13.1 Å². The molecule has 0 aliphatic heterocycles. The van der Waals surface area contributed by atoms with Crippen LogP contribution in [-0.2, 0) is 23.1 Å². The standard InChI is InChI=1S/C18H15ClN4O4S2/c1-2-23-14-8-7-13(9-15(14)28-18(23)24)29(25,26)20-10-16-21-17(22-27-16)11-3-5-12(19)6-4-11/h3-9,20H,2,10H2,1H3. The van der Waals surface area contributed by atoms with Gasteiger partial charge in [-0.15, -0.1) is 0 Å². The van der Waals surface area contributed by atoms with Crippen LogP contribution in [0.25, 0.3) is 21.6 Å². The number of fused-ring (bicyclic) bond motifs is 1. The Labute approximate surface area is 174 Å². The molecule has 0 amide bonds. The molecule has 0 saturated heterocycles. The second-order valence-corrected chi connectivity index (χ2v) is 9.28. The molecule has 0 bridgehead atoms. The minimum absolute atomic E-state index is 0.0620. The van der Waals surface area contributed by atoms with Crippen LogP contribution in [0.4, 0.5) is 0 Å². The van der Waals surface area contributed by atoms with E-state index in [2.05, 4.69) is 14.9 Å². The lowest BCUT2D eigenvalue weighted by Crippen LogP contribution is -2.23. The fraction of sp³-hybridized carbons (Fsp3) is 0.167. The first-order valence-corrected chi connectivity index (χ1v) is 11.3. The third-order valence-corrected chi connectivity index (χ3v) is 6.84. The Hall–Kier alpha value is -2.53. The molecule has 2 aromatic carbocycles. The van der Waals surface area contributed by atoms with Gasteiger partial charge in [0.2, 0.25) is 21.7 Å². The lowest BCUT2D eigenvalue weighted by molar-refractivity contribution is 0.376. The molecule has 4 aromatic rings. The quantitative estimate of drug-likeness (QED) is 0.483. The molecule has 0 saturated carbocycles. The van der Waals surface area contributed by atoms with Gasteiger partial charge in [-0.1, -0.05) is 28.1 Å². The fourth-order valence-corrected chi connectivity index (χ4v) is 4.99. The van der Waals surface area contributed by atoms with Crippen LogP contribution in [0, 0.1) is 0 Å². The molecular formula is C18H15ClN4O4S2. The maximum atomic E-state index is 12.6. The molecule has 0 unspecified atom stereocenters. The third-order valence-electron chi connectivity index (χ3n) is 4.25. The molecule has 0 atom stereocenters. The summed E-state index contributed by atoms with van der Waals surface area (Å²) in [6.07, 6.45) is 0. The summed E-state index contributed by atoms with van der Waals surface area (Å²) in [7, 11) is -3.82. The SMILES string of the molecule is CCn1c(=O)sc2cc(S(=O)(=O)NCc3nc(-c4ccc(Cl)cc4)no3)ccc21. The van der Waals surface area contributed by atoms with Crippen LogP contribution in [0.5, 0.6) is 0 Å². The van der Waals surface area contributed by atoms with Crippen molar-refractivity contribution in [3.8, 4) is 11.4 Å². The molecule has 0 radical (unpaired) electrons. The lowest BCUT2D eigenvalue weighted by Gasteiger charge is -2.05. The van der Waals surface area contributed by atoms with Crippen LogP contribution in [0.1, 0.15) is 12.8 Å². The minimum Gasteiger partial charge on any atom is -0.338 e. The van der Waals surface area contributed by atoms with Gasteiger partial charge >= 0.3 is 4.87 Å². The molecule has 0 fully saturated rings. The van der Waals surface area contributed by atoms with E-state index in [9.17, 15) is 13.2 Å². The maximum Gasteiger partial charge on any atom is 0.308 e. The van der Waals surface area contributed by atoms with E-state index >= 15 is 0 Å². The Morgan fingerprint density at radius 1 is 1.21 bits per heavy atom. The van der Waals surface area contributed by atoms with Gasteiger partial charge in [0.1, 0.15) is 0 Å². The molecule has 0 aliphatic carbocycles. The van der Waals surface area contributed by atoms with E-state index in [-0.39, 0.29) is 22.2 Å². The van der Waals surface area contributed by atoms with Crippen molar-refractivity contribution in [1.82, 2.24) is 19.4 Å². The number of hydrogen-bond acceptors (Lipinski definition) is 7. The molecule has 2 heterocycles. The van der Waals surface area contributed by atoms with Gasteiger partial charge in [0.05, 0.1) is 21.7 Å². The number of nitrogens with zero attached hydrogens (tertiary/aromatic N) is 3. The molecule has 0 spiro atoms. The summed E-state index contributed by atoms with van der Waals surface area (Å²) in [6, 6.07) is 11.5. The summed E-state index contributed by atoms with van der Waals surface area (Å²) < 4.78 is 35.0. The Morgan fingerprint density at radius 3 is 2.69 bits per heavy atom. The van der Waals surface area contributed by atoms with Crippen molar-refractivity contribution in [2.45, 2.75) is 24.9 Å². The fourth-order valence-electron chi connectivity index (χ4n) is 2.80. The number of hydrogen-bond donors (Lipinski definition) is 1. The predicted octanol–water partition coefficient (Wildman–Crippen LogP) is 3.26. The monoisotopic (exact) mass is 450 g/mol. The summed E-state index contributed by atoms with van der Waals surface area (Å²) in [5.74, 6) is 0.462. The van der Waals surface area contributed by atoms with Gasteiger partial charge in [0.25, 0.3) is 0 Å². The highest BCUT2D eigenvalue weighted by Crippen LogP contribution is 2.22. The van der Waals surface area contributed by atoms with Crippen LogP contribution < -0.4 is 9.60 Å². The number of halogens is 1. The highest BCUT2D eigenvalue weighted by Gasteiger charge is 2.18. The Morgan fingerprint density at radius 2 is 1.97 bits per heavy atom. The highest BCUT2D eigenvalue weighted by atomic mass is 35.5. The average Bonchev–Trinajstić information content (AvgIpc) is 3.30. The molecular weight excluding hydrogens is 436 g/mol. The van der Waals surface area contributed by atoms with E-state index in [0.717, 1.165) is 11.3 Å². The lowest BCUT2D eigenvalue weighted by atomic mass is 10.2. The first-order valence-electron chi connectivity index (χ1n) is 8.59. The smallest absolute Gasteiger partial charge is 0.308 e. The number of aromatic nitrogens is 3. The van der Waals surface area contributed by atoms with Crippen molar-refractivity contribution >= 4 is 43.2 Å². The van der Waals surface area contributed by atoms with E-state index in [0.29, 0.717) is 33.2 Å². The van der Waals surface area contributed by atoms with Crippen molar-refractivity contribution in [3.63, 3.8) is 0 Å². The third kappa shape index (κ3) is 3.97. The molecule has 150 valence electrons. The van der Waals surface area contributed by atoms with Crippen molar-refractivity contribution in [2.75, 3.05) is 0 Å². The van der Waals surface area contributed by atoms with Gasteiger partial charge in [0.15, 0.2) is 0 Å². The normalized spacial score (nSPS) is 11.9. The van der Waals surface area contributed by atoms with E-state index < -0.39 is 10.0 Å². The summed E-state index contributed by atoms with van der Waals surface area (Å²) in [6.45, 7) is 2.23. The first-order chi connectivity index (χ1) is 13.9. The molecule has 29 heavy (non-hydrogen) atoms. The Balaban J connectivity index is 1.53. The molecule has 0 aliphatic rings. The van der Waals surface area contributed by atoms with Crippen molar-refractivity contribution < 1.29 is 12.9 Å². The predicted molar refractivity (Wildman–Crippen MR) is 111 cm³/mol. The van der Waals surface area contributed by atoms with Crippen LogP contribution >= 0.6 is 22.9 Å². The molecule has 8 nitrogen and oxygen atoms in total. The largest absolute Gasteiger partial charge is 0.338 e. The number of aryl methyl sites for hydroxylation is 1. The minimum atomic E-state index is -3.82. The summed E-state index contributed by atoms with van der Waals surface area (Å²) >= 11 is 6.87.